The van der Waals surface area contributed by atoms with E-state index in [0.29, 0.717) is 6.54 Å². The number of nitrogens with zero attached hydrogens (tertiary/aromatic N) is 1. The third-order valence-electron chi connectivity index (χ3n) is 2.60. The number of thiazole rings is 1. The van der Waals surface area contributed by atoms with Crippen LogP contribution in [0.4, 0.5) is 4.79 Å². The van der Waals surface area contributed by atoms with E-state index in [-0.39, 0.29) is 12.1 Å². The van der Waals surface area contributed by atoms with Crippen molar-refractivity contribution in [2.75, 3.05) is 0 Å². The number of urea groups is 1. The zero-order chi connectivity index (χ0) is 13.7. The van der Waals surface area contributed by atoms with Crippen molar-refractivity contribution in [3.63, 3.8) is 0 Å². The quantitative estimate of drug-likeness (QED) is 0.891. The fourth-order valence-corrected chi connectivity index (χ4v) is 3.04. The predicted molar refractivity (Wildman–Crippen MR) is 79.7 cm³/mol. The first-order valence-electron chi connectivity index (χ1n) is 6.10. The van der Waals surface area contributed by atoms with Crippen molar-refractivity contribution in [1.29, 1.82) is 0 Å². The van der Waals surface area contributed by atoms with Crippen LogP contribution in [0, 0.1) is 6.92 Å². The van der Waals surface area contributed by atoms with Crippen molar-refractivity contribution in [2.24, 2.45) is 0 Å². The predicted octanol–water partition coefficient (Wildman–Crippen LogP) is 2.94. The number of aromatic nitrogens is 1. The maximum absolute atomic E-state index is 11.7. The number of hydrogen-bond donors (Lipinski definition) is 2. The van der Waals surface area contributed by atoms with Gasteiger partial charge in [0.2, 0.25) is 0 Å². The molecule has 0 saturated heterocycles. The Morgan fingerprint density at radius 2 is 2.32 bits per heavy atom. The number of thiophene rings is 1. The molecule has 2 aromatic rings. The minimum Gasteiger partial charge on any atom is -0.335 e. The molecule has 2 amide bonds. The van der Waals surface area contributed by atoms with Crippen molar-refractivity contribution in [3.05, 3.63) is 38.5 Å². The number of amides is 2. The summed E-state index contributed by atoms with van der Waals surface area (Å²) in [5, 5.41) is 12.9. The molecule has 0 unspecified atom stereocenters. The van der Waals surface area contributed by atoms with E-state index in [1.807, 2.05) is 24.6 Å². The lowest BCUT2D eigenvalue weighted by atomic mass is 10.1. The van der Waals surface area contributed by atoms with Gasteiger partial charge in [0.05, 0.1) is 17.2 Å². The highest BCUT2D eigenvalue weighted by molar-refractivity contribution is 7.09. The monoisotopic (exact) mass is 295 g/mol. The molecule has 1 atom stereocenters. The van der Waals surface area contributed by atoms with Crippen LogP contribution in [-0.2, 0) is 13.0 Å². The molecule has 0 aliphatic carbocycles. The summed E-state index contributed by atoms with van der Waals surface area (Å²) in [4.78, 5) is 16.0. The van der Waals surface area contributed by atoms with Gasteiger partial charge in [-0.3, -0.25) is 0 Å². The van der Waals surface area contributed by atoms with Crippen molar-refractivity contribution in [2.45, 2.75) is 32.9 Å². The summed E-state index contributed by atoms with van der Waals surface area (Å²) in [5.74, 6) is 0. The van der Waals surface area contributed by atoms with Crippen molar-refractivity contribution < 1.29 is 4.79 Å². The first-order chi connectivity index (χ1) is 9.13. The molecule has 0 spiro atoms. The van der Waals surface area contributed by atoms with E-state index >= 15 is 0 Å². The maximum Gasteiger partial charge on any atom is 0.315 e. The van der Waals surface area contributed by atoms with Gasteiger partial charge in [0.25, 0.3) is 0 Å². The first kappa shape index (κ1) is 14.0. The average molecular weight is 295 g/mol. The van der Waals surface area contributed by atoms with E-state index < -0.39 is 0 Å². The van der Waals surface area contributed by atoms with E-state index in [1.165, 1.54) is 5.56 Å². The Kier molecular flexibility index (Phi) is 4.93. The van der Waals surface area contributed by atoms with E-state index in [0.717, 1.165) is 17.1 Å². The first-order valence-corrected chi connectivity index (χ1v) is 7.92. The van der Waals surface area contributed by atoms with Gasteiger partial charge >= 0.3 is 6.03 Å². The van der Waals surface area contributed by atoms with Gasteiger partial charge in [-0.15, -0.1) is 11.3 Å². The summed E-state index contributed by atoms with van der Waals surface area (Å²) in [6.07, 6.45) is 0.854. The molecule has 0 bridgehead atoms. The SMILES string of the molecule is Cc1nc(CNC(=O)N[C@H](C)Cc2ccsc2)cs1. The molecule has 6 heteroatoms. The molecule has 4 nitrogen and oxygen atoms in total. The Labute approximate surface area is 120 Å². The van der Waals surface area contributed by atoms with Crippen LogP contribution in [0.2, 0.25) is 0 Å². The number of aryl methyl sites for hydroxylation is 1. The lowest BCUT2D eigenvalue weighted by Gasteiger charge is -2.13. The maximum atomic E-state index is 11.7. The summed E-state index contributed by atoms with van der Waals surface area (Å²) in [6.45, 7) is 4.43. The molecule has 0 saturated carbocycles. The number of carbonyl (C=O) groups is 1. The van der Waals surface area contributed by atoms with E-state index in [9.17, 15) is 4.79 Å². The zero-order valence-electron chi connectivity index (χ0n) is 11.0. The molecule has 0 aliphatic rings. The summed E-state index contributed by atoms with van der Waals surface area (Å²) in [6, 6.07) is 2.05. The molecule has 0 fully saturated rings. The Morgan fingerprint density at radius 1 is 1.47 bits per heavy atom. The number of carbonyl (C=O) groups excluding carboxylic acids is 1. The molecule has 102 valence electrons. The molecule has 2 rings (SSSR count). The molecule has 0 radical (unpaired) electrons. The second-order valence-corrected chi connectivity index (χ2v) is 6.26. The third kappa shape index (κ3) is 4.65. The summed E-state index contributed by atoms with van der Waals surface area (Å²) < 4.78 is 0. The zero-order valence-corrected chi connectivity index (χ0v) is 12.6. The van der Waals surface area contributed by atoms with E-state index in [1.54, 1.807) is 22.7 Å². The Hall–Kier alpha value is -1.40. The highest BCUT2D eigenvalue weighted by Crippen LogP contribution is 2.09. The van der Waals surface area contributed by atoms with Gasteiger partial charge in [-0.1, -0.05) is 0 Å². The van der Waals surface area contributed by atoms with Gasteiger partial charge in [-0.2, -0.15) is 11.3 Å². The van der Waals surface area contributed by atoms with Crippen molar-refractivity contribution in [1.82, 2.24) is 15.6 Å². The van der Waals surface area contributed by atoms with Crippen LogP contribution in [-0.4, -0.2) is 17.1 Å². The average Bonchev–Trinajstić information content (AvgIpc) is 2.98. The van der Waals surface area contributed by atoms with Gasteiger partial charge in [-0.25, -0.2) is 9.78 Å². The molecular weight excluding hydrogens is 278 g/mol. The second-order valence-electron chi connectivity index (χ2n) is 4.42. The van der Waals surface area contributed by atoms with Crippen LogP contribution in [0.3, 0.4) is 0 Å². The van der Waals surface area contributed by atoms with Gasteiger partial charge < -0.3 is 10.6 Å². The third-order valence-corrected chi connectivity index (χ3v) is 4.15. The highest BCUT2D eigenvalue weighted by atomic mass is 32.1. The van der Waals surface area contributed by atoms with Gasteiger partial charge in [-0.05, 0) is 42.7 Å². The van der Waals surface area contributed by atoms with E-state index in [4.69, 9.17) is 0 Å². The van der Waals surface area contributed by atoms with Crippen LogP contribution >= 0.6 is 22.7 Å². The Bertz CT molecular complexity index is 522. The normalized spacial score (nSPS) is 12.1. The topological polar surface area (TPSA) is 54.0 Å². The minimum absolute atomic E-state index is 0.117. The largest absolute Gasteiger partial charge is 0.335 e. The highest BCUT2D eigenvalue weighted by Gasteiger charge is 2.08. The minimum atomic E-state index is -0.145. The number of rotatable bonds is 5. The fraction of sp³-hybridized carbons (Fsp3) is 0.385. The van der Waals surface area contributed by atoms with Crippen LogP contribution < -0.4 is 10.6 Å². The van der Waals surface area contributed by atoms with Crippen LogP contribution in [0.15, 0.2) is 22.2 Å². The number of hydrogen-bond acceptors (Lipinski definition) is 4. The standard InChI is InChI=1S/C13H17N3OS2/c1-9(5-11-3-4-18-7-11)15-13(17)14-6-12-8-19-10(2)16-12/h3-4,7-9H,5-6H2,1-2H3,(H2,14,15,17)/t9-/m1/s1. The molecule has 19 heavy (non-hydrogen) atoms. The lowest BCUT2D eigenvalue weighted by molar-refractivity contribution is 0.237. The van der Waals surface area contributed by atoms with Gasteiger partial charge in [0.15, 0.2) is 0 Å². The Morgan fingerprint density at radius 3 is 2.95 bits per heavy atom. The number of nitrogens with one attached hydrogen (secondary N) is 2. The smallest absolute Gasteiger partial charge is 0.315 e. The van der Waals surface area contributed by atoms with Crippen LogP contribution in [0.5, 0.6) is 0 Å². The van der Waals surface area contributed by atoms with Crippen LogP contribution in [0.1, 0.15) is 23.2 Å². The second kappa shape index (κ2) is 6.68. The molecule has 0 aliphatic heterocycles. The van der Waals surface area contributed by atoms with Gasteiger partial charge in [0, 0.05) is 11.4 Å². The molecule has 2 N–H and O–H groups in total. The van der Waals surface area contributed by atoms with Crippen LogP contribution in [0.25, 0.3) is 0 Å². The molecule has 2 heterocycles. The summed E-state index contributed by atoms with van der Waals surface area (Å²) in [7, 11) is 0. The van der Waals surface area contributed by atoms with Crippen molar-refractivity contribution in [3.8, 4) is 0 Å². The van der Waals surface area contributed by atoms with Gasteiger partial charge in [0.1, 0.15) is 0 Å². The lowest BCUT2D eigenvalue weighted by Crippen LogP contribution is -2.41. The summed E-state index contributed by atoms with van der Waals surface area (Å²) in [5.41, 5.74) is 2.16. The fourth-order valence-electron chi connectivity index (χ4n) is 1.75. The van der Waals surface area contributed by atoms with E-state index in [2.05, 4.69) is 27.1 Å². The molecule has 0 aromatic carbocycles. The van der Waals surface area contributed by atoms with Crippen molar-refractivity contribution >= 4 is 28.7 Å². The Balaban J connectivity index is 1.71. The molecular formula is C13H17N3OS2. The molecule has 2 aromatic heterocycles. The summed E-state index contributed by atoms with van der Waals surface area (Å²) >= 11 is 3.27.